The fourth-order valence-corrected chi connectivity index (χ4v) is 1.18. The molecule has 1 aromatic carbocycles. The molecular weight excluding hydrogens is 212 g/mol. The Morgan fingerprint density at radius 3 is 2.40 bits per heavy atom. The predicted molar refractivity (Wildman–Crippen MR) is 46.0 cm³/mol. The fourth-order valence-electron chi connectivity index (χ4n) is 1.18. The Kier molecular flexibility index (Phi) is 3.12. The van der Waals surface area contributed by atoms with Crippen LogP contribution in [0.4, 0.5) is 17.6 Å². The fraction of sp³-hybridized carbons (Fsp3) is 0.300. The molecule has 0 saturated heterocycles. The summed E-state index contributed by atoms with van der Waals surface area (Å²) in [5, 5.41) is 0. The van der Waals surface area contributed by atoms with Gasteiger partial charge in [-0.05, 0) is 18.2 Å². The van der Waals surface area contributed by atoms with Crippen molar-refractivity contribution in [1.29, 1.82) is 0 Å². The molecular formula is C10H8F4O. The van der Waals surface area contributed by atoms with Gasteiger partial charge in [0.2, 0.25) is 0 Å². The van der Waals surface area contributed by atoms with Crippen LogP contribution in [0.5, 0.6) is 0 Å². The van der Waals surface area contributed by atoms with Crippen LogP contribution in [0.1, 0.15) is 29.3 Å². The van der Waals surface area contributed by atoms with E-state index in [4.69, 9.17) is 0 Å². The minimum absolute atomic E-state index is 0.0907. The third kappa shape index (κ3) is 2.55. The van der Waals surface area contributed by atoms with Gasteiger partial charge in [-0.25, -0.2) is 4.39 Å². The number of benzene rings is 1. The maximum Gasteiger partial charge on any atom is 0.417 e. The minimum Gasteiger partial charge on any atom is -0.294 e. The number of hydrogen-bond donors (Lipinski definition) is 0. The Labute approximate surface area is 83.7 Å². The lowest BCUT2D eigenvalue weighted by molar-refractivity contribution is -0.137. The van der Waals surface area contributed by atoms with Crippen molar-refractivity contribution >= 4 is 5.78 Å². The van der Waals surface area contributed by atoms with Crippen LogP contribution in [0, 0.1) is 5.82 Å². The highest BCUT2D eigenvalue weighted by atomic mass is 19.4. The lowest BCUT2D eigenvalue weighted by atomic mass is 10.0. The number of halogens is 4. The van der Waals surface area contributed by atoms with Crippen LogP contribution in [0.15, 0.2) is 18.2 Å². The quantitative estimate of drug-likeness (QED) is 0.551. The number of Topliss-reactive ketones (excluding diaryl/α,β-unsaturated/α-hetero) is 1. The van der Waals surface area contributed by atoms with E-state index in [1.165, 1.54) is 6.92 Å². The Bertz CT molecular complexity index is 381. The summed E-state index contributed by atoms with van der Waals surface area (Å²) >= 11 is 0. The van der Waals surface area contributed by atoms with Crippen molar-refractivity contribution in [3.63, 3.8) is 0 Å². The largest absolute Gasteiger partial charge is 0.417 e. The van der Waals surface area contributed by atoms with E-state index in [0.29, 0.717) is 18.2 Å². The van der Waals surface area contributed by atoms with Gasteiger partial charge < -0.3 is 0 Å². The Hall–Kier alpha value is -1.39. The van der Waals surface area contributed by atoms with Crippen LogP contribution in [0.25, 0.3) is 0 Å². The lowest BCUT2D eigenvalue weighted by Crippen LogP contribution is -2.13. The van der Waals surface area contributed by atoms with E-state index < -0.39 is 28.9 Å². The van der Waals surface area contributed by atoms with Crippen molar-refractivity contribution in [2.75, 3.05) is 0 Å². The van der Waals surface area contributed by atoms with Crippen LogP contribution < -0.4 is 0 Å². The first-order chi connectivity index (χ1) is 6.86. The SMILES string of the molecule is CCC(=O)c1cc(F)ccc1C(F)(F)F. The highest BCUT2D eigenvalue weighted by Crippen LogP contribution is 2.32. The van der Waals surface area contributed by atoms with Crippen LogP contribution in [-0.4, -0.2) is 5.78 Å². The summed E-state index contributed by atoms with van der Waals surface area (Å²) in [4.78, 5) is 11.2. The third-order valence-corrected chi connectivity index (χ3v) is 1.91. The molecule has 82 valence electrons. The van der Waals surface area contributed by atoms with Crippen LogP contribution in [0.2, 0.25) is 0 Å². The van der Waals surface area contributed by atoms with Gasteiger partial charge in [0.25, 0.3) is 0 Å². The van der Waals surface area contributed by atoms with E-state index in [2.05, 4.69) is 0 Å². The molecule has 1 nitrogen and oxygen atoms in total. The topological polar surface area (TPSA) is 17.1 Å². The molecule has 0 saturated carbocycles. The first kappa shape index (κ1) is 11.7. The average Bonchev–Trinajstić information content (AvgIpc) is 2.14. The molecule has 0 bridgehead atoms. The van der Waals surface area contributed by atoms with Crippen LogP contribution in [-0.2, 0) is 6.18 Å². The van der Waals surface area contributed by atoms with Gasteiger partial charge in [0, 0.05) is 12.0 Å². The zero-order valence-electron chi connectivity index (χ0n) is 7.86. The summed E-state index contributed by atoms with van der Waals surface area (Å²) in [6.07, 6.45) is -4.72. The number of hydrogen-bond acceptors (Lipinski definition) is 1. The number of carbonyl (C=O) groups excluding carboxylic acids is 1. The molecule has 5 heteroatoms. The lowest BCUT2D eigenvalue weighted by Gasteiger charge is -2.11. The van der Waals surface area contributed by atoms with E-state index >= 15 is 0 Å². The monoisotopic (exact) mass is 220 g/mol. The predicted octanol–water partition coefficient (Wildman–Crippen LogP) is 3.44. The smallest absolute Gasteiger partial charge is 0.294 e. The maximum atomic E-state index is 12.7. The average molecular weight is 220 g/mol. The first-order valence-corrected chi connectivity index (χ1v) is 4.26. The van der Waals surface area contributed by atoms with E-state index in [1.54, 1.807) is 0 Å². The normalized spacial score (nSPS) is 11.5. The zero-order chi connectivity index (χ0) is 11.6. The molecule has 0 aliphatic carbocycles. The molecule has 0 atom stereocenters. The number of rotatable bonds is 2. The maximum absolute atomic E-state index is 12.7. The molecule has 0 amide bonds. The number of ketones is 1. The van der Waals surface area contributed by atoms with Crippen LogP contribution in [0.3, 0.4) is 0 Å². The van der Waals surface area contributed by atoms with Gasteiger partial charge in [0.15, 0.2) is 5.78 Å². The van der Waals surface area contributed by atoms with Gasteiger partial charge in [-0.15, -0.1) is 0 Å². The molecule has 0 spiro atoms. The van der Waals surface area contributed by atoms with Gasteiger partial charge in [0.05, 0.1) is 5.56 Å². The molecule has 0 heterocycles. The summed E-state index contributed by atoms with van der Waals surface area (Å²) in [5.74, 6) is -1.57. The molecule has 0 aliphatic heterocycles. The first-order valence-electron chi connectivity index (χ1n) is 4.26. The summed E-state index contributed by atoms with van der Waals surface area (Å²) in [7, 11) is 0. The highest BCUT2D eigenvalue weighted by Gasteiger charge is 2.34. The minimum atomic E-state index is -4.63. The van der Waals surface area contributed by atoms with Gasteiger partial charge in [-0.2, -0.15) is 13.2 Å². The Morgan fingerprint density at radius 1 is 1.33 bits per heavy atom. The van der Waals surface area contributed by atoms with Crippen molar-refractivity contribution in [1.82, 2.24) is 0 Å². The van der Waals surface area contributed by atoms with E-state index in [-0.39, 0.29) is 6.42 Å². The molecule has 0 radical (unpaired) electrons. The van der Waals surface area contributed by atoms with Crippen molar-refractivity contribution in [3.8, 4) is 0 Å². The van der Waals surface area contributed by atoms with Gasteiger partial charge >= 0.3 is 6.18 Å². The van der Waals surface area contributed by atoms with E-state index in [0.717, 1.165) is 0 Å². The molecule has 1 rings (SSSR count). The molecule has 15 heavy (non-hydrogen) atoms. The number of alkyl halides is 3. The van der Waals surface area contributed by atoms with Crippen molar-refractivity contribution < 1.29 is 22.4 Å². The summed E-state index contributed by atoms with van der Waals surface area (Å²) in [6, 6.07) is 1.89. The second-order valence-corrected chi connectivity index (χ2v) is 2.96. The molecule has 0 aliphatic rings. The molecule has 0 fully saturated rings. The van der Waals surface area contributed by atoms with Crippen molar-refractivity contribution in [2.45, 2.75) is 19.5 Å². The Balaban J connectivity index is 3.33. The third-order valence-electron chi connectivity index (χ3n) is 1.91. The second kappa shape index (κ2) is 4.00. The summed E-state index contributed by atoms with van der Waals surface area (Å²) in [6.45, 7) is 1.42. The molecule has 1 aromatic rings. The van der Waals surface area contributed by atoms with Crippen molar-refractivity contribution in [2.24, 2.45) is 0 Å². The summed E-state index contributed by atoms with van der Waals surface area (Å²) < 4.78 is 49.9. The van der Waals surface area contributed by atoms with E-state index in [9.17, 15) is 22.4 Å². The highest BCUT2D eigenvalue weighted by molar-refractivity contribution is 5.97. The van der Waals surface area contributed by atoms with Gasteiger partial charge in [-0.1, -0.05) is 6.92 Å². The van der Waals surface area contributed by atoms with Gasteiger partial charge in [-0.3, -0.25) is 4.79 Å². The standard InChI is InChI=1S/C10H8F4O/c1-2-9(15)7-5-6(11)3-4-8(7)10(12,13)14/h3-5H,2H2,1H3. The number of carbonyl (C=O) groups is 1. The zero-order valence-corrected chi connectivity index (χ0v) is 7.86. The van der Waals surface area contributed by atoms with Crippen molar-refractivity contribution in [3.05, 3.63) is 35.1 Å². The molecule has 0 N–H and O–H groups in total. The van der Waals surface area contributed by atoms with Gasteiger partial charge in [0.1, 0.15) is 5.82 Å². The molecule has 0 aromatic heterocycles. The summed E-state index contributed by atoms with van der Waals surface area (Å²) in [5.41, 5.74) is -1.69. The molecule has 0 unspecified atom stereocenters. The second-order valence-electron chi connectivity index (χ2n) is 2.96. The van der Waals surface area contributed by atoms with E-state index in [1.807, 2.05) is 0 Å². The Morgan fingerprint density at radius 2 is 1.93 bits per heavy atom. The van der Waals surface area contributed by atoms with Crippen LogP contribution >= 0.6 is 0 Å².